The first-order chi connectivity index (χ1) is 13.5. The molecule has 3 aromatic rings. The zero-order valence-electron chi connectivity index (χ0n) is 15.1. The highest BCUT2D eigenvalue weighted by atomic mass is 32.1. The molecule has 6 nitrogen and oxygen atoms in total. The molecule has 0 fully saturated rings. The maximum Gasteiger partial charge on any atom is 0.261 e. The molecule has 0 atom stereocenters. The Balaban J connectivity index is 1.50. The number of rotatable bonds is 5. The van der Waals surface area contributed by atoms with Crippen molar-refractivity contribution in [1.29, 1.82) is 0 Å². The molecule has 2 heterocycles. The van der Waals surface area contributed by atoms with Gasteiger partial charge in [-0.2, -0.15) is 0 Å². The van der Waals surface area contributed by atoms with Crippen molar-refractivity contribution in [3.63, 3.8) is 0 Å². The Morgan fingerprint density at radius 1 is 1.07 bits per heavy atom. The smallest absolute Gasteiger partial charge is 0.261 e. The van der Waals surface area contributed by atoms with Crippen molar-refractivity contribution in [1.82, 2.24) is 15.2 Å². The van der Waals surface area contributed by atoms with E-state index in [-0.39, 0.29) is 29.8 Å². The van der Waals surface area contributed by atoms with Gasteiger partial charge in [0.1, 0.15) is 0 Å². The molecule has 1 aliphatic heterocycles. The van der Waals surface area contributed by atoms with Crippen molar-refractivity contribution < 1.29 is 14.4 Å². The molecule has 0 saturated carbocycles. The Bertz CT molecular complexity index is 1080. The molecule has 1 aromatic heterocycles. The standard InChI is InChI=1S/C21H17N3O3S/c1-13-23-16(12-28-13)10-22-19(25)15-7-8-17-18(9-15)21(27)24(20(17)26)11-14-5-3-2-4-6-14/h2-9,12H,10-11H2,1H3,(H,22,25). The Morgan fingerprint density at radius 3 is 2.54 bits per heavy atom. The molecule has 0 spiro atoms. The summed E-state index contributed by atoms with van der Waals surface area (Å²) in [7, 11) is 0. The number of amides is 3. The second-order valence-corrected chi connectivity index (χ2v) is 7.55. The molecule has 3 amide bonds. The first kappa shape index (κ1) is 18.1. The normalized spacial score (nSPS) is 13.0. The fourth-order valence-electron chi connectivity index (χ4n) is 3.10. The summed E-state index contributed by atoms with van der Waals surface area (Å²) < 4.78 is 0. The molecule has 0 bridgehead atoms. The third kappa shape index (κ3) is 3.44. The summed E-state index contributed by atoms with van der Waals surface area (Å²) in [5.74, 6) is -1.03. The number of aryl methyl sites for hydroxylation is 1. The van der Waals surface area contributed by atoms with Crippen molar-refractivity contribution in [2.75, 3.05) is 0 Å². The van der Waals surface area contributed by atoms with Crippen molar-refractivity contribution in [3.05, 3.63) is 86.9 Å². The van der Waals surface area contributed by atoms with Gasteiger partial charge in [0.05, 0.1) is 34.9 Å². The molecular formula is C21H17N3O3S. The number of aromatic nitrogens is 1. The van der Waals surface area contributed by atoms with Crippen molar-refractivity contribution in [3.8, 4) is 0 Å². The van der Waals surface area contributed by atoms with Crippen LogP contribution in [0, 0.1) is 6.92 Å². The predicted molar refractivity (Wildman–Crippen MR) is 105 cm³/mol. The lowest BCUT2D eigenvalue weighted by atomic mass is 10.1. The van der Waals surface area contributed by atoms with Crippen molar-refractivity contribution >= 4 is 29.1 Å². The van der Waals surface area contributed by atoms with E-state index >= 15 is 0 Å². The summed E-state index contributed by atoms with van der Waals surface area (Å²) in [6.45, 7) is 2.42. The molecule has 28 heavy (non-hydrogen) atoms. The number of carbonyl (C=O) groups excluding carboxylic acids is 3. The second-order valence-electron chi connectivity index (χ2n) is 6.48. The molecule has 0 saturated heterocycles. The van der Waals surface area contributed by atoms with Crippen LogP contribution in [0.4, 0.5) is 0 Å². The first-order valence-electron chi connectivity index (χ1n) is 8.76. The van der Waals surface area contributed by atoms with Gasteiger partial charge >= 0.3 is 0 Å². The van der Waals surface area contributed by atoms with Crippen molar-refractivity contribution in [2.45, 2.75) is 20.0 Å². The van der Waals surface area contributed by atoms with Crippen LogP contribution in [0.3, 0.4) is 0 Å². The molecule has 1 aliphatic rings. The Labute approximate surface area is 165 Å². The molecule has 4 rings (SSSR count). The van der Waals surface area contributed by atoms with E-state index < -0.39 is 0 Å². The van der Waals surface area contributed by atoms with E-state index in [2.05, 4.69) is 10.3 Å². The maximum absolute atomic E-state index is 12.7. The number of imide groups is 1. The third-order valence-electron chi connectivity index (χ3n) is 4.51. The zero-order valence-corrected chi connectivity index (χ0v) is 16.0. The number of nitrogens with zero attached hydrogens (tertiary/aromatic N) is 2. The highest BCUT2D eigenvalue weighted by Crippen LogP contribution is 2.25. The van der Waals surface area contributed by atoms with Gasteiger partial charge in [0.25, 0.3) is 17.7 Å². The molecule has 0 radical (unpaired) electrons. The lowest BCUT2D eigenvalue weighted by Gasteiger charge is -2.13. The quantitative estimate of drug-likeness (QED) is 0.678. The molecular weight excluding hydrogens is 374 g/mol. The van der Waals surface area contributed by atoms with Gasteiger partial charge in [0.2, 0.25) is 0 Å². The Morgan fingerprint density at radius 2 is 1.82 bits per heavy atom. The monoisotopic (exact) mass is 391 g/mol. The van der Waals surface area contributed by atoms with Gasteiger partial charge in [-0.25, -0.2) is 4.98 Å². The van der Waals surface area contributed by atoms with Gasteiger partial charge < -0.3 is 5.32 Å². The number of benzene rings is 2. The topological polar surface area (TPSA) is 79.4 Å². The number of fused-ring (bicyclic) bond motifs is 1. The average molecular weight is 391 g/mol. The van der Waals surface area contributed by atoms with Gasteiger partial charge in [-0.15, -0.1) is 11.3 Å². The van der Waals surface area contributed by atoms with Crippen LogP contribution in [0.15, 0.2) is 53.9 Å². The Kier molecular flexibility index (Phi) is 4.75. The predicted octanol–water partition coefficient (Wildman–Crippen LogP) is 3.18. The molecule has 7 heteroatoms. The Hall–Kier alpha value is -3.32. The highest BCUT2D eigenvalue weighted by Gasteiger charge is 2.35. The van der Waals surface area contributed by atoms with Crippen LogP contribution >= 0.6 is 11.3 Å². The molecule has 0 aliphatic carbocycles. The van der Waals surface area contributed by atoms with Gasteiger partial charge in [-0.1, -0.05) is 30.3 Å². The van der Waals surface area contributed by atoms with Gasteiger partial charge in [0.15, 0.2) is 0 Å². The number of thiazole rings is 1. The van der Waals surface area contributed by atoms with E-state index in [9.17, 15) is 14.4 Å². The van der Waals surface area contributed by atoms with Crippen molar-refractivity contribution in [2.24, 2.45) is 0 Å². The SMILES string of the molecule is Cc1nc(CNC(=O)c2ccc3c(c2)C(=O)N(Cc2ccccc2)C3=O)cs1. The summed E-state index contributed by atoms with van der Waals surface area (Å²) in [6.07, 6.45) is 0. The summed E-state index contributed by atoms with van der Waals surface area (Å²) in [4.78, 5) is 43.3. The van der Waals surface area contributed by atoms with E-state index in [1.54, 1.807) is 12.1 Å². The minimum Gasteiger partial charge on any atom is -0.346 e. The minimum absolute atomic E-state index is 0.206. The summed E-state index contributed by atoms with van der Waals surface area (Å²) in [6, 6.07) is 13.9. The van der Waals surface area contributed by atoms with E-state index in [0.717, 1.165) is 16.3 Å². The van der Waals surface area contributed by atoms with Crippen LogP contribution in [0.1, 0.15) is 47.3 Å². The molecule has 0 unspecified atom stereocenters. The molecule has 140 valence electrons. The van der Waals surface area contributed by atoms with Crippen LogP contribution in [-0.4, -0.2) is 27.6 Å². The zero-order chi connectivity index (χ0) is 19.7. The molecule has 1 N–H and O–H groups in total. The number of hydrogen-bond acceptors (Lipinski definition) is 5. The van der Waals surface area contributed by atoms with Crippen LogP contribution < -0.4 is 5.32 Å². The lowest BCUT2D eigenvalue weighted by Crippen LogP contribution is -2.29. The van der Waals surface area contributed by atoms with Crippen LogP contribution in [0.2, 0.25) is 0 Å². The van der Waals surface area contributed by atoms with Crippen LogP contribution in [0.25, 0.3) is 0 Å². The lowest BCUT2D eigenvalue weighted by molar-refractivity contribution is 0.0642. The summed E-state index contributed by atoms with van der Waals surface area (Å²) in [5.41, 5.74) is 2.59. The van der Waals surface area contributed by atoms with E-state index in [1.807, 2.05) is 42.6 Å². The first-order valence-corrected chi connectivity index (χ1v) is 9.64. The number of carbonyl (C=O) groups is 3. The van der Waals surface area contributed by atoms with E-state index in [4.69, 9.17) is 0 Å². The second kappa shape index (κ2) is 7.36. The third-order valence-corrected chi connectivity index (χ3v) is 5.34. The summed E-state index contributed by atoms with van der Waals surface area (Å²) in [5, 5.41) is 5.62. The largest absolute Gasteiger partial charge is 0.346 e. The summed E-state index contributed by atoms with van der Waals surface area (Å²) >= 11 is 1.52. The van der Waals surface area contributed by atoms with E-state index in [1.165, 1.54) is 22.3 Å². The number of hydrogen-bond donors (Lipinski definition) is 1. The maximum atomic E-state index is 12.7. The number of nitrogens with one attached hydrogen (secondary N) is 1. The van der Waals surface area contributed by atoms with Gasteiger partial charge in [-0.3, -0.25) is 19.3 Å². The fourth-order valence-corrected chi connectivity index (χ4v) is 3.72. The van der Waals surface area contributed by atoms with Crippen LogP contribution in [0.5, 0.6) is 0 Å². The molecule has 2 aromatic carbocycles. The van der Waals surface area contributed by atoms with Gasteiger partial charge in [0, 0.05) is 10.9 Å². The fraction of sp³-hybridized carbons (Fsp3) is 0.143. The van der Waals surface area contributed by atoms with Gasteiger partial charge in [-0.05, 0) is 30.7 Å². The minimum atomic E-state index is -0.381. The highest BCUT2D eigenvalue weighted by molar-refractivity contribution is 7.09. The van der Waals surface area contributed by atoms with Crippen LogP contribution in [-0.2, 0) is 13.1 Å². The average Bonchev–Trinajstić information content (AvgIpc) is 3.23. The van der Waals surface area contributed by atoms with E-state index in [0.29, 0.717) is 17.7 Å².